The summed E-state index contributed by atoms with van der Waals surface area (Å²) in [6.45, 7) is 6.56. The normalized spacial score (nSPS) is 17.0. The molecule has 0 spiro atoms. The molecule has 0 aliphatic carbocycles. The van der Waals surface area contributed by atoms with Crippen molar-refractivity contribution in [1.82, 2.24) is 24.3 Å². The maximum Gasteiger partial charge on any atom is 0.329 e. The van der Waals surface area contributed by atoms with Crippen LogP contribution in [0.1, 0.15) is 36.1 Å². The summed E-state index contributed by atoms with van der Waals surface area (Å²) in [5.41, 5.74) is 4.52. The molecule has 1 N–H and O–H groups in total. The number of benzene rings is 3. The van der Waals surface area contributed by atoms with Gasteiger partial charge in [-0.05, 0) is 48.3 Å². The van der Waals surface area contributed by atoms with Crippen molar-refractivity contribution in [2.75, 3.05) is 45.9 Å². The summed E-state index contributed by atoms with van der Waals surface area (Å²) in [6.07, 6.45) is 1.75. The first-order valence-corrected chi connectivity index (χ1v) is 14.7. The zero-order valence-electron chi connectivity index (χ0n) is 22.8. The van der Waals surface area contributed by atoms with E-state index in [1.165, 1.54) is 11.1 Å². The molecular weight excluding hydrogens is 518 g/mol. The van der Waals surface area contributed by atoms with Gasteiger partial charge in [-0.1, -0.05) is 72.8 Å². The number of para-hydroxylation sites is 2. The third-order valence-corrected chi connectivity index (χ3v) is 8.64. The molecule has 0 amide bonds. The van der Waals surface area contributed by atoms with Gasteiger partial charge in [0.15, 0.2) is 5.11 Å². The molecule has 0 unspecified atom stereocenters. The van der Waals surface area contributed by atoms with E-state index >= 15 is 0 Å². The smallest absolute Gasteiger partial charge is 0.329 e. The summed E-state index contributed by atoms with van der Waals surface area (Å²) in [4.78, 5) is 18.4. The molecule has 0 atom stereocenters. The van der Waals surface area contributed by atoms with Gasteiger partial charge in [0.05, 0.1) is 30.3 Å². The maximum atomic E-state index is 13.8. The second kappa shape index (κ2) is 12.4. The van der Waals surface area contributed by atoms with Gasteiger partial charge in [-0.15, -0.1) is 0 Å². The van der Waals surface area contributed by atoms with E-state index in [0.717, 1.165) is 74.9 Å². The molecule has 2 aliphatic rings. The number of aromatic nitrogens is 2. The van der Waals surface area contributed by atoms with Crippen LogP contribution in [0.5, 0.6) is 0 Å². The lowest BCUT2D eigenvalue weighted by Gasteiger charge is -2.35. The molecule has 8 heteroatoms. The monoisotopic (exact) mass is 555 g/mol. The van der Waals surface area contributed by atoms with Crippen molar-refractivity contribution in [1.29, 1.82) is 0 Å². The lowest BCUT2D eigenvalue weighted by atomic mass is 9.99. The Hall–Kier alpha value is -3.46. The number of hydrogen-bond donors (Lipinski definition) is 1. The first-order valence-electron chi connectivity index (χ1n) is 14.3. The van der Waals surface area contributed by atoms with Crippen LogP contribution in [0.15, 0.2) is 89.7 Å². The summed E-state index contributed by atoms with van der Waals surface area (Å²) in [7, 11) is 0. The first-order chi connectivity index (χ1) is 19.7. The zero-order valence-corrected chi connectivity index (χ0v) is 23.6. The number of hydrogen-bond acceptors (Lipinski definition) is 4. The Kier molecular flexibility index (Phi) is 8.27. The van der Waals surface area contributed by atoms with Crippen LogP contribution in [-0.2, 0) is 11.3 Å². The average Bonchev–Trinajstić information content (AvgIpc) is 3.30. The summed E-state index contributed by atoms with van der Waals surface area (Å²) in [5, 5.41) is 4.40. The quantitative estimate of drug-likeness (QED) is 0.341. The SMILES string of the molecule is O=c1n(CCN2CCOCC2)c2ccccc2n1C1CCN(C(=S)NC(c2ccccc2)c2ccccc2)CC1. The number of morpholine rings is 1. The van der Waals surface area contributed by atoms with E-state index in [2.05, 4.69) is 75.8 Å². The molecule has 6 rings (SSSR count). The highest BCUT2D eigenvalue weighted by molar-refractivity contribution is 7.80. The van der Waals surface area contributed by atoms with Crippen LogP contribution in [0.3, 0.4) is 0 Å². The minimum atomic E-state index is -0.0142. The number of nitrogens with one attached hydrogen (secondary N) is 1. The van der Waals surface area contributed by atoms with E-state index in [0.29, 0.717) is 6.54 Å². The minimum Gasteiger partial charge on any atom is -0.379 e. The molecule has 0 saturated carbocycles. The number of likely N-dealkylation sites (tertiary alicyclic amines) is 1. The van der Waals surface area contributed by atoms with Crippen LogP contribution in [0, 0.1) is 0 Å². The van der Waals surface area contributed by atoms with Gasteiger partial charge in [0, 0.05) is 45.3 Å². The highest BCUT2D eigenvalue weighted by Gasteiger charge is 2.27. The molecule has 1 aromatic heterocycles. The average molecular weight is 556 g/mol. The molecule has 2 aliphatic heterocycles. The van der Waals surface area contributed by atoms with Crippen molar-refractivity contribution in [2.45, 2.75) is 31.5 Å². The van der Waals surface area contributed by atoms with Gasteiger partial charge in [0.25, 0.3) is 0 Å². The standard InChI is InChI=1S/C32H37N5O2S/c38-32-36(20-19-34-21-23-39-24-22-34)28-13-7-8-14-29(28)37(32)27-15-17-35(18-16-27)31(40)33-30(25-9-3-1-4-10-25)26-11-5-2-6-12-26/h1-14,27,30H,15-24H2,(H,33,40). The maximum absolute atomic E-state index is 13.8. The molecule has 40 heavy (non-hydrogen) atoms. The Morgan fingerprint density at radius 2 is 1.38 bits per heavy atom. The Bertz CT molecular complexity index is 1430. The third kappa shape index (κ3) is 5.70. The molecule has 4 aromatic rings. The molecule has 0 bridgehead atoms. The lowest BCUT2D eigenvalue weighted by molar-refractivity contribution is 0.0364. The summed E-state index contributed by atoms with van der Waals surface area (Å²) >= 11 is 5.94. The Balaban J connectivity index is 1.15. The summed E-state index contributed by atoms with van der Waals surface area (Å²) < 4.78 is 9.50. The fourth-order valence-electron chi connectivity index (χ4n) is 6.06. The second-order valence-electron chi connectivity index (χ2n) is 10.7. The van der Waals surface area contributed by atoms with E-state index in [4.69, 9.17) is 17.0 Å². The molecule has 2 fully saturated rings. The van der Waals surface area contributed by atoms with Crippen molar-refractivity contribution in [3.05, 3.63) is 107 Å². The van der Waals surface area contributed by atoms with E-state index < -0.39 is 0 Å². The molecule has 7 nitrogen and oxygen atoms in total. The third-order valence-electron chi connectivity index (χ3n) is 8.26. The number of ether oxygens (including phenoxy) is 1. The largest absolute Gasteiger partial charge is 0.379 e. The number of piperidine rings is 1. The van der Waals surface area contributed by atoms with E-state index in [1.54, 1.807) is 0 Å². The van der Waals surface area contributed by atoms with Gasteiger partial charge in [0.2, 0.25) is 0 Å². The van der Waals surface area contributed by atoms with E-state index in [1.807, 2.05) is 33.4 Å². The van der Waals surface area contributed by atoms with Crippen LogP contribution in [0.25, 0.3) is 11.0 Å². The van der Waals surface area contributed by atoms with Crippen LogP contribution in [0.2, 0.25) is 0 Å². The van der Waals surface area contributed by atoms with Crippen LogP contribution < -0.4 is 11.0 Å². The molecule has 0 radical (unpaired) electrons. The van der Waals surface area contributed by atoms with Gasteiger partial charge in [-0.25, -0.2) is 4.79 Å². The Labute approximate surface area is 241 Å². The molecule has 3 heterocycles. The van der Waals surface area contributed by atoms with Crippen molar-refractivity contribution in [3.63, 3.8) is 0 Å². The summed E-state index contributed by atoms with van der Waals surface area (Å²) in [6, 6.07) is 29.3. The fourth-order valence-corrected chi connectivity index (χ4v) is 6.36. The topological polar surface area (TPSA) is 54.7 Å². The highest BCUT2D eigenvalue weighted by atomic mass is 32.1. The Morgan fingerprint density at radius 3 is 2.00 bits per heavy atom. The predicted molar refractivity (Wildman–Crippen MR) is 164 cm³/mol. The van der Waals surface area contributed by atoms with Crippen molar-refractivity contribution in [3.8, 4) is 0 Å². The van der Waals surface area contributed by atoms with E-state index in [-0.39, 0.29) is 17.8 Å². The van der Waals surface area contributed by atoms with E-state index in [9.17, 15) is 4.79 Å². The number of rotatable bonds is 7. The van der Waals surface area contributed by atoms with Gasteiger partial charge in [-0.3, -0.25) is 14.0 Å². The van der Waals surface area contributed by atoms with Crippen molar-refractivity contribution >= 4 is 28.4 Å². The van der Waals surface area contributed by atoms with Gasteiger partial charge < -0.3 is 15.0 Å². The molecule has 208 valence electrons. The number of imidazole rings is 1. The van der Waals surface area contributed by atoms with Gasteiger partial charge >= 0.3 is 5.69 Å². The van der Waals surface area contributed by atoms with Crippen molar-refractivity contribution < 1.29 is 4.74 Å². The number of thiocarbonyl (C=S) groups is 1. The number of nitrogens with zero attached hydrogens (tertiary/aromatic N) is 4. The van der Waals surface area contributed by atoms with Crippen LogP contribution in [-0.4, -0.2) is 70.0 Å². The zero-order chi connectivity index (χ0) is 27.3. The number of fused-ring (bicyclic) bond motifs is 1. The predicted octanol–water partition coefficient (Wildman–Crippen LogP) is 4.44. The summed E-state index contributed by atoms with van der Waals surface area (Å²) in [5.74, 6) is 0. The van der Waals surface area contributed by atoms with Crippen LogP contribution >= 0.6 is 12.2 Å². The first kappa shape index (κ1) is 26.7. The highest BCUT2D eigenvalue weighted by Crippen LogP contribution is 2.27. The molecule has 2 saturated heterocycles. The molecule has 3 aromatic carbocycles. The van der Waals surface area contributed by atoms with Gasteiger partial charge in [0.1, 0.15) is 0 Å². The second-order valence-corrected chi connectivity index (χ2v) is 11.1. The van der Waals surface area contributed by atoms with Gasteiger partial charge in [-0.2, -0.15) is 0 Å². The molecular formula is C32H37N5O2S. The fraction of sp³-hybridized carbons (Fsp3) is 0.375. The Morgan fingerprint density at radius 1 is 0.800 bits per heavy atom. The van der Waals surface area contributed by atoms with Crippen molar-refractivity contribution in [2.24, 2.45) is 0 Å². The minimum absolute atomic E-state index is 0.0142. The lowest BCUT2D eigenvalue weighted by Crippen LogP contribution is -2.46. The van der Waals surface area contributed by atoms with Crippen LogP contribution in [0.4, 0.5) is 0 Å².